The first kappa shape index (κ1) is 11.3. The highest BCUT2D eigenvalue weighted by Gasteiger charge is 2.13. The first-order chi connectivity index (χ1) is 8.90. The van der Waals surface area contributed by atoms with Crippen LogP contribution in [0.2, 0.25) is 0 Å². The lowest BCUT2D eigenvalue weighted by atomic mass is 10.1. The quantitative estimate of drug-likeness (QED) is 0.758. The molecule has 2 heterocycles. The fraction of sp³-hybridized carbons (Fsp3) is 0.0667. The minimum Gasteiger partial charge on any atom is -0.391 e. The van der Waals surface area contributed by atoms with Gasteiger partial charge < -0.3 is 9.67 Å². The van der Waals surface area contributed by atoms with Crippen LogP contribution in [-0.2, 0) is 6.61 Å². The molecule has 0 aliphatic rings. The van der Waals surface area contributed by atoms with Crippen LogP contribution in [0.1, 0.15) is 4.88 Å². The molecule has 0 saturated carbocycles. The second-order valence-corrected chi connectivity index (χ2v) is 5.00. The fourth-order valence-corrected chi connectivity index (χ4v) is 3.00. The van der Waals surface area contributed by atoms with E-state index in [2.05, 4.69) is 22.1 Å². The van der Waals surface area contributed by atoms with Crippen LogP contribution in [0.15, 0.2) is 60.2 Å². The predicted octanol–water partition coefficient (Wildman–Crippen LogP) is 3.70. The van der Waals surface area contributed by atoms with E-state index in [-0.39, 0.29) is 6.61 Å². The summed E-state index contributed by atoms with van der Waals surface area (Å²) in [5, 5.41) is 11.6. The number of thiophene rings is 1. The van der Waals surface area contributed by atoms with Crippen molar-refractivity contribution in [1.82, 2.24) is 4.57 Å². The van der Waals surface area contributed by atoms with Crippen molar-refractivity contribution in [3.05, 3.63) is 65.1 Å². The number of hydrogen-bond donors (Lipinski definition) is 1. The second-order valence-electron chi connectivity index (χ2n) is 4.04. The summed E-state index contributed by atoms with van der Waals surface area (Å²) >= 11 is 1.60. The van der Waals surface area contributed by atoms with Gasteiger partial charge in [0.25, 0.3) is 0 Å². The Labute approximate surface area is 110 Å². The van der Waals surface area contributed by atoms with Crippen LogP contribution in [0.5, 0.6) is 0 Å². The maximum atomic E-state index is 9.47. The van der Waals surface area contributed by atoms with Gasteiger partial charge in [-0.25, -0.2) is 0 Å². The van der Waals surface area contributed by atoms with Crippen LogP contribution < -0.4 is 0 Å². The van der Waals surface area contributed by atoms with Crippen molar-refractivity contribution >= 4 is 11.3 Å². The fourth-order valence-electron chi connectivity index (χ4n) is 2.09. The first-order valence-corrected chi connectivity index (χ1v) is 6.68. The molecule has 2 aromatic heterocycles. The summed E-state index contributed by atoms with van der Waals surface area (Å²) in [7, 11) is 0. The summed E-state index contributed by atoms with van der Waals surface area (Å²) in [6.45, 7) is 0.0744. The van der Waals surface area contributed by atoms with Crippen molar-refractivity contribution in [2.24, 2.45) is 0 Å². The van der Waals surface area contributed by atoms with Gasteiger partial charge in [0, 0.05) is 23.3 Å². The lowest BCUT2D eigenvalue weighted by Gasteiger charge is -2.08. The molecule has 0 radical (unpaired) electrons. The number of aliphatic hydroxyl groups excluding tert-OH is 1. The molecule has 1 N–H and O–H groups in total. The SMILES string of the molecule is OCc1scc(-c2ccccc2)c1-n1cccc1. The third-order valence-corrected chi connectivity index (χ3v) is 3.89. The number of aliphatic hydroxyl groups is 1. The molecule has 0 aliphatic heterocycles. The van der Waals surface area contributed by atoms with E-state index in [1.165, 1.54) is 11.1 Å². The normalized spacial score (nSPS) is 10.7. The molecule has 2 nitrogen and oxygen atoms in total. The van der Waals surface area contributed by atoms with Gasteiger partial charge in [-0.2, -0.15) is 0 Å². The lowest BCUT2D eigenvalue weighted by molar-refractivity contribution is 0.285. The molecule has 3 aromatic rings. The zero-order valence-electron chi connectivity index (χ0n) is 9.78. The molecule has 18 heavy (non-hydrogen) atoms. The van der Waals surface area contributed by atoms with Crippen molar-refractivity contribution in [2.75, 3.05) is 0 Å². The molecule has 0 aliphatic carbocycles. The third-order valence-electron chi connectivity index (χ3n) is 2.93. The molecule has 0 bridgehead atoms. The van der Waals surface area contributed by atoms with Crippen LogP contribution in [0.3, 0.4) is 0 Å². The van der Waals surface area contributed by atoms with E-state index in [4.69, 9.17) is 0 Å². The largest absolute Gasteiger partial charge is 0.391 e. The molecular formula is C15H13NOS. The number of aromatic nitrogens is 1. The molecule has 3 rings (SSSR count). The van der Waals surface area contributed by atoms with Crippen LogP contribution in [0.4, 0.5) is 0 Å². The highest BCUT2D eigenvalue weighted by Crippen LogP contribution is 2.34. The minimum atomic E-state index is 0.0744. The van der Waals surface area contributed by atoms with E-state index in [0.29, 0.717) is 0 Å². The van der Waals surface area contributed by atoms with E-state index in [1.807, 2.05) is 42.7 Å². The molecule has 0 saturated heterocycles. The van der Waals surface area contributed by atoms with E-state index in [0.717, 1.165) is 10.6 Å². The Morgan fingerprint density at radius 3 is 2.39 bits per heavy atom. The van der Waals surface area contributed by atoms with Gasteiger partial charge in [0.15, 0.2) is 0 Å². The number of nitrogens with zero attached hydrogens (tertiary/aromatic N) is 1. The van der Waals surface area contributed by atoms with Crippen LogP contribution >= 0.6 is 11.3 Å². The molecular weight excluding hydrogens is 242 g/mol. The second kappa shape index (κ2) is 4.80. The first-order valence-electron chi connectivity index (χ1n) is 5.80. The van der Waals surface area contributed by atoms with Crippen LogP contribution in [-0.4, -0.2) is 9.67 Å². The van der Waals surface area contributed by atoms with Crippen molar-refractivity contribution in [3.63, 3.8) is 0 Å². The van der Waals surface area contributed by atoms with Gasteiger partial charge in [0.1, 0.15) is 0 Å². The molecule has 0 amide bonds. The maximum Gasteiger partial charge on any atom is 0.0795 e. The maximum absolute atomic E-state index is 9.47. The van der Waals surface area contributed by atoms with E-state index < -0.39 is 0 Å². The Hall–Kier alpha value is -1.84. The van der Waals surface area contributed by atoms with Gasteiger partial charge in [-0.15, -0.1) is 11.3 Å². The molecule has 1 aromatic carbocycles. The molecule has 90 valence electrons. The number of benzene rings is 1. The topological polar surface area (TPSA) is 25.2 Å². The molecule has 0 atom stereocenters. The van der Waals surface area contributed by atoms with Gasteiger partial charge >= 0.3 is 0 Å². The van der Waals surface area contributed by atoms with E-state index in [9.17, 15) is 5.11 Å². The van der Waals surface area contributed by atoms with Crippen molar-refractivity contribution in [1.29, 1.82) is 0 Å². The Kier molecular flexibility index (Phi) is 3.00. The summed E-state index contributed by atoms with van der Waals surface area (Å²) in [6.07, 6.45) is 4.02. The summed E-state index contributed by atoms with van der Waals surface area (Å²) < 4.78 is 2.06. The molecule has 0 unspecified atom stereocenters. The minimum absolute atomic E-state index is 0.0744. The van der Waals surface area contributed by atoms with Crippen molar-refractivity contribution in [3.8, 4) is 16.8 Å². The van der Waals surface area contributed by atoms with Gasteiger partial charge in [0.05, 0.1) is 17.2 Å². The average molecular weight is 255 g/mol. The van der Waals surface area contributed by atoms with Crippen molar-refractivity contribution < 1.29 is 5.11 Å². The van der Waals surface area contributed by atoms with Crippen molar-refractivity contribution in [2.45, 2.75) is 6.61 Å². The lowest BCUT2D eigenvalue weighted by Crippen LogP contribution is -1.95. The zero-order chi connectivity index (χ0) is 12.4. The molecule has 3 heteroatoms. The Bertz CT molecular complexity index is 626. The summed E-state index contributed by atoms with van der Waals surface area (Å²) in [6, 6.07) is 14.3. The number of rotatable bonds is 3. The van der Waals surface area contributed by atoms with Crippen LogP contribution in [0, 0.1) is 0 Å². The zero-order valence-corrected chi connectivity index (χ0v) is 10.6. The standard InChI is InChI=1S/C15H13NOS/c17-10-14-15(16-8-4-5-9-16)13(11-18-14)12-6-2-1-3-7-12/h1-9,11,17H,10H2. The van der Waals surface area contributed by atoms with E-state index in [1.54, 1.807) is 11.3 Å². The monoisotopic (exact) mass is 255 g/mol. The van der Waals surface area contributed by atoms with Crippen LogP contribution in [0.25, 0.3) is 16.8 Å². The smallest absolute Gasteiger partial charge is 0.0795 e. The Morgan fingerprint density at radius 1 is 1.00 bits per heavy atom. The summed E-state index contributed by atoms with van der Waals surface area (Å²) in [5.74, 6) is 0. The third kappa shape index (κ3) is 1.88. The number of hydrogen-bond acceptors (Lipinski definition) is 2. The highest BCUT2D eigenvalue weighted by molar-refractivity contribution is 7.10. The average Bonchev–Trinajstić information content (AvgIpc) is 3.08. The van der Waals surface area contributed by atoms with E-state index >= 15 is 0 Å². The van der Waals surface area contributed by atoms with Gasteiger partial charge in [-0.05, 0) is 17.7 Å². The molecule has 0 fully saturated rings. The summed E-state index contributed by atoms with van der Waals surface area (Å²) in [5.41, 5.74) is 3.43. The Balaban J connectivity index is 2.20. The van der Waals surface area contributed by atoms with Gasteiger partial charge in [-0.3, -0.25) is 0 Å². The van der Waals surface area contributed by atoms with Gasteiger partial charge in [0.2, 0.25) is 0 Å². The Morgan fingerprint density at radius 2 is 1.72 bits per heavy atom. The highest BCUT2D eigenvalue weighted by atomic mass is 32.1. The predicted molar refractivity (Wildman–Crippen MR) is 75.0 cm³/mol. The molecule has 0 spiro atoms. The summed E-state index contributed by atoms with van der Waals surface area (Å²) in [4.78, 5) is 0.991. The van der Waals surface area contributed by atoms with Gasteiger partial charge in [-0.1, -0.05) is 30.3 Å².